The summed E-state index contributed by atoms with van der Waals surface area (Å²) < 4.78 is 2.69. The fourth-order valence-corrected chi connectivity index (χ4v) is 2.80. The molecule has 2 rings (SSSR count). The molecule has 4 nitrogen and oxygen atoms in total. The third-order valence-corrected chi connectivity index (χ3v) is 4.11. The maximum atomic E-state index is 10.5. The molecule has 0 aliphatic heterocycles. The van der Waals surface area contributed by atoms with E-state index in [1.165, 1.54) is 0 Å². The van der Waals surface area contributed by atoms with Crippen LogP contribution in [0.2, 0.25) is 5.02 Å². The number of benzene rings is 1. The van der Waals surface area contributed by atoms with E-state index >= 15 is 0 Å². The molecule has 114 valence electrons. The van der Waals surface area contributed by atoms with Crippen molar-refractivity contribution in [3.63, 3.8) is 0 Å². The van der Waals surface area contributed by atoms with Crippen LogP contribution in [0.15, 0.2) is 34.9 Å². The van der Waals surface area contributed by atoms with Crippen molar-refractivity contribution in [2.75, 3.05) is 20.6 Å². The molecular formula is C15H19BrClN3O. The van der Waals surface area contributed by atoms with Crippen molar-refractivity contribution < 1.29 is 5.11 Å². The molecule has 6 heteroatoms. The molecule has 0 amide bonds. The Labute approximate surface area is 138 Å². The summed E-state index contributed by atoms with van der Waals surface area (Å²) in [6.07, 6.45) is 1.66. The zero-order chi connectivity index (χ0) is 15.4. The number of likely N-dealkylation sites (N-methyl/N-ethyl adjacent to an activating group) is 1. The second-order valence-electron chi connectivity index (χ2n) is 5.25. The standard InChI is InChI=1S/C15H19BrClN3O/c1-19(2)7-8-20-15(13(16)10-18-20)14(21)9-11-3-5-12(17)6-4-11/h3-6,10,14,21H,7-9H2,1-2H3. The molecule has 0 spiro atoms. The molecule has 1 aromatic carbocycles. The van der Waals surface area contributed by atoms with Gasteiger partial charge < -0.3 is 10.0 Å². The monoisotopic (exact) mass is 371 g/mol. The number of aromatic nitrogens is 2. The molecule has 0 aliphatic rings. The van der Waals surface area contributed by atoms with Gasteiger partial charge in [-0.1, -0.05) is 23.7 Å². The Kier molecular flexibility index (Phi) is 5.81. The predicted octanol–water partition coefficient (Wildman–Crippen LogP) is 3.14. The van der Waals surface area contributed by atoms with Crippen LogP contribution in [-0.2, 0) is 13.0 Å². The van der Waals surface area contributed by atoms with Crippen LogP contribution in [0.4, 0.5) is 0 Å². The Bertz CT molecular complexity index is 583. The summed E-state index contributed by atoms with van der Waals surface area (Å²) in [5.74, 6) is 0. The van der Waals surface area contributed by atoms with Gasteiger partial charge in [-0.15, -0.1) is 0 Å². The van der Waals surface area contributed by atoms with Gasteiger partial charge in [0.1, 0.15) is 6.10 Å². The Morgan fingerprint density at radius 2 is 2.00 bits per heavy atom. The molecule has 0 aliphatic carbocycles. The van der Waals surface area contributed by atoms with E-state index in [4.69, 9.17) is 11.6 Å². The van der Waals surface area contributed by atoms with Crippen molar-refractivity contribution in [1.82, 2.24) is 14.7 Å². The lowest BCUT2D eigenvalue weighted by Gasteiger charge is -2.16. The highest BCUT2D eigenvalue weighted by molar-refractivity contribution is 9.10. The topological polar surface area (TPSA) is 41.3 Å². The maximum Gasteiger partial charge on any atom is 0.101 e. The van der Waals surface area contributed by atoms with Gasteiger partial charge >= 0.3 is 0 Å². The zero-order valence-corrected chi connectivity index (χ0v) is 14.5. The molecule has 0 bridgehead atoms. The van der Waals surface area contributed by atoms with Crippen molar-refractivity contribution in [2.45, 2.75) is 19.1 Å². The highest BCUT2D eigenvalue weighted by atomic mass is 79.9. The maximum absolute atomic E-state index is 10.5. The van der Waals surface area contributed by atoms with Crippen LogP contribution in [-0.4, -0.2) is 40.4 Å². The first kappa shape index (κ1) is 16.5. The van der Waals surface area contributed by atoms with Gasteiger partial charge in [-0.05, 0) is 47.7 Å². The summed E-state index contributed by atoms with van der Waals surface area (Å²) in [5.41, 5.74) is 1.85. The normalized spacial score (nSPS) is 12.9. The number of hydrogen-bond acceptors (Lipinski definition) is 3. The summed E-state index contributed by atoms with van der Waals surface area (Å²) >= 11 is 9.35. The lowest BCUT2D eigenvalue weighted by molar-refractivity contribution is 0.164. The van der Waals surface area contributed by atoms with E-state index in [1.54, 1.807) is 6.20 Å². The van der Waals surface area contributed by atoms with E-state index in [0.717, 1.165) is 28.8 Å². The van der Waals surface area contributed by atoms with E-state index in [-0.39, 0.29) is 0 Å². The third-order valence-electron chi connectivity index (χ3n) is 3.25. The summed E-state index contributed by atoms with van der Waals surface area (Å²) in [7, 11) is 4.03. The highest BCUT2D eigenvalue weighted by Crippen LogP contribution is 2.26. The van der Waals surface area contributed by atoms with Crippen LogP contribution >= 0.6 is 27.5 Å². The van der Waals surface area contributed by atoms with Gasteiger partial charge in [0.2, 0.25) is 0 Å². The lowest BCUT2D eigenvalue weighted by Crippen LogP contribution is -2.21. The fourth-order valence-electron chi connectivity index (χ4n) is 2.12. The minimum Gasteiger partial charge on any atom is -0.386 e. The molecule has 21 heavy (non-hydrogen) atoms. The zero-order valence-electron chi connectivity index (χ0n) is 12.1. The van der Waals surface area contributed by atoms with Crippen LogP contribution in [0.25, 0.3) is 0 Å². The van der Waals surface area contributed by atoms with Gasteiger partial charge in [-0.3, -0.25) is 4.68 Å². The number of halogens is 2. The molecule has 1 heterocycles. The van der Waals surface area contributed by atoms with Gasteiger partial charge in [0.25, 0.3) is 0 Å². The Hall–Kier alpha value is -0.880. The Balaban J connectivity index is 2.12. The molecular weight excluding hydrogens is 354 g/mol. The van der Waals surface area contributed by atoms with Crippen LogP contribution in [0.5, 0.6) is 0 Å². The SMILES string of the molecule is CN(C)CCn1ncc(Br)c1C(O)Cc1ccc(Cl)cc1. The number of hydrogen-bond donors (Lipinski definition) is 1. The Morgan fingerprint density at radius 3 is 2.62 bits per heavy atom. The molecule has 1 N–H and O–H groups in total. The van der Waals surface area contributed by atoms with E-state index < -0.39 is 6.10 Å². The minimum absolute atomic E-state index is 0.531. The van der Waals surface area contributed by atoms with Gasteiger partial charge in [0.05, 0.1) is 22.9 Å². The summed E-state index contributed by atoms with van der Waals surface area (Å²) in [6.45, 7) is 1.61. The summed E-state index contributed by atoms with van der Waals surface area (Å²) in [5, 5.41) is 15.5. The summed E-state index contributed by atoms with van der Waals surface area (Å²) in [4.78, 5) is 2.09. The van der Waals surface area contributed by atoms with Crippen LogP contribution in [0.1, 0.15) is 17.4 Å². The number of nitrogens with zero attached hydrogens (tertiary/aromatic N) is 3. The first-order chi connectivity index (χ1) is 9.97. The van der Waals surface area contributed by atoms with Gasteiger partial charge in [0, 0.05) is 18.0 Å². The average molecular weight is 373 g/mol. The number of aliphatic hydroxyl groups is 1. The molecule has 1 aromatic heterocycles. The van der Waals surface area contributed by atoms with E-state index in [1.807, 2.05) is 43.0 Å². The minimum atomic E-state index is -0.606. The van der Waals surface area contributed by atoms with Crippen LogP contribution < -0.4 is 0 Å². The largest absolute Gasteiger partial charge is 0.386 e. The molecule has 2 aromatic rings. The van der Waals surface area contributed by atoms with Gasteiger partial charge in [-0.2, -0.15) is 5.10 Å². The average Bonchev–Trinajstić information content (AvgIpc) is 2.80. The smallest absolute Gasteiger partial charge is 0.101 e. The fraction of sp³-hybridized carbons (Fsp3) is 0.400. The van der Waals surface area contributed by atoms with E-state index in [0.29, 0.717) is 11.4 Å². The van der Waals surface area contributed by atoms with Crippen molar-refractivity contribution in [1.29, 1.82) is 0 Å². The first-order valence-corrected chi connectivity index (χ1v) is 7.93. The van der Waals surface area contributed by atoms with Crippen molar-refractivity contribution in [3.8, 4) is 0 Å². The Morgan fingerprint density at radius 1 is 1.33 bits per heavy atom. The quantitative estimate of drug-likeness (QED) is 0.847. The van der Waals surface area contributed by atoms with Crippen molar-refractivity contribution >= 4 is 27.5 Å². The second-order valence-corrected chi connectivity index (χ2v) is 6.54. The highest BCUT2D eigenvalue weighted by Gasteiger charge is 2.18. The van der Waals surface area contributed by atoms with Crippen molar-refractivity contribution in [2.24, 2.45) is 0 Å². The molecule has 1 unspecified atom stereocenters. The summed E-state index contributed by atoms with van der Waals surface area (Å²) in [6, 6.07) is 7.53. The second kappa shape index (κ2) is 7.40. The van der Waals surface area contributed by atoms with E-state index in [2.05, 4.69) is 25.9 Å². The van der Waals surface area contributed by atoms with E-state index in [9.17, 15) is 5.11 Å². The predicted molar refractivity (Wildman–Crippen MR) is 88.6 cm³/mol. The molecule has 0 saturated carbocycles. The molecule has 1 atom stereocenters. The first-order valence-electron chi connectivity index (χ1n) is 6.76. The molecule has 0 saturated heterocycles. The van der Waals surface area contributed by atoms with Gasteiger partial charge in [0.15, 0.2) is 0 Å². The third kappa shape index (κ3) is 4.54. The van der Waals surface area contributed by atoms with Crippen molar-refractivity contribution in [3.05, 3.63) is 51.2 Å². The van der Waals surface area contributed by atoms with Gasteiger partial charge in [-0.25, -0.2) is 0 Å². The molecule has 0 fully saturated rings. The number of aliphatic hydroxyl groups excluding tert-OH is 1. The number of rotatable bonds is 6. The molecule has 0 radical (unpaired) electrons. The lowest BCUT2D eigenvalue weighted by atomic mass is 10.1. The van der Waals surface area contributed by atoms with Crippen LogP contribution in [0.3, 0.4) is 0 Å². The van der Waals surface area contributed by atoms with Crippen LogP contribution in [0, 0.1) is 0 Å².